The van der Waals surface area contributed by atoms with Crippen molar-refractivity contribution < 1.29 is 9.21 Å². The Morgan fingerprint density at radius 2 is 2.14 bits per heavy atom. The summed E-state index contributed by atoms with van der Waals surface area (Å²) in [6, 6.07) is 11.4. The summed E-state index contributed by atoms with van der Waals surface area (Å²) in [7, 11) is 1.79. The highest BCUT2D eigenvalue weighted by Gasteiger charge is 2.17. The number of rotatable bonds is 4. The van der Waals surface area contributed by atoms with E-state index < -0.39 is 0 Å². The summed E-state index contributed by atoms with van der Waals surface area (Å²) in [5, 5.41) is 9.51. The molecule has 2 aromatic heterocycles. The summed E-state index contributed by atoms with van der Waals surface area (Å²) >= 11 is 5.03. The van der Waals surface area contributed by atoms with Crippen molar-refractivity contribution in [3.8, 4) is 11.1 Å². The fraction of sp³-hybridized carbons (Fsp3) is 0.133. The highest BCUT2D eigenvalue weighted by atomic mass is 32.1. The number of carbonyl (C=O) groups excluding carboxylic acids is 1. The number of nitrogens with zero attached hydrogens (tertiary/aromatic N) is 2. The van der Waals surface area contributed by atoms with E-state index in [1.54, 1.807) is 17.7 Å². The lowest BCUT2D eigenvalue weighted by Gasteiger charge is -2.05. The maximum absolute atomic E-state index is 12.3. The zero-order valence-corrected chi connectivity index (χ0v) is 12.7. The quantitative estimate of drug-likeness (QED) is 0.726. The third-order valence-corrected chi connectivity index (χ3v) is 3.70. The molecule has 1 aromatic carbocycles. The molecule has 0 saturated heterocycles. The van der Waals surface area contributed by atoms with Crippen LogP contribution in [0.4, 0.5) is 0 Å². The molecule has 0 aliphatic rings. The first-order valence-electron chi connectivity index (χ1n) is 6.68. The van der Waals surface area contributed by atoms with Crippen molar-refractivity contribution in [2.75, 3.05) is 0 Å². The first-order chi connectivity index (χ1) is 10.7. The van der Waals surface area contributed by atoms with Crippen molar-refractivity contribution in [1.82, 2.24) is 20.1 Å². The van der Waals surface area contributed by atoms with E-state index in [1.807, 2.05) is 30.3 Å². The number of H-pyrrole nitrogens is 1. The number of aromatic amines is 1. The highest BCUT2D eigenvalue weighted by Crippen LogP contribution is 2.24. The molecule has 6 nitrogen and oxygen atoms in total. The summed E-state index contributed by atoms with van der Waals surface area (Å²) < 4.78 is 7.55. The fourth-order valence-corrected chi connectivity index (χ4v) is 2.26. The van der Waals surface area contributed by atoms with Crippen molar-refractivity contribution in [3.63, 3.8) is 0 Å². The number of hydrogen-bond acceptors (Lipinski definition) is 4. The van der Waals surface area contributed by atoms with Crippen LogP contribution >= 0.6 is 12.2 Å². The minimum atomic E-state index is -0.294. The third kappa shape index (κ3) is 2.71. The van der Waals surface area contributed by atoms with Gasteiger partial charge in [-0.05, 0) is 23.8 Å². The Balaban J connectivity index is 1.78. The Labute approximate surface area is 131 Å². The molecule has 0 radical (unpaired) electrons. The molecule has 2 N–H and O–H groups in total. The minimum Gasteiger partial charge on any atom is -0.459 e. The number of nitrogens with one attached hydrogen (secondary N) is 2. The SMILES string of the molecule is Cn1c(CNC(=O)c2occc2-c2ccccc2)n[nH]c1=S. The third-order valence-electron chi connectivity index (χ3n) is 3.34. The van der Waals surface area contributed by atoms with E-state index in [0.29, 0.717) is 10.6 Å². The lowest BCUT2D eigenvalue weighted by molar-refractivity contribution is 0.0922. The molecule has 22 heavy (non-hydrogen) atoms. The Hall–Kier alpha value is -2.67. The molecule has 0 bridgehead atoms. The fourth-order valence-electron chi connectivity index (χ4n) is 2.11. The van der Waals surface area contributed by atoms with E-state index in [2.05, 4.69) is 15.5 Å². The summed E-state index contributed by atoms with van der Waals surface area (Å²) in [5.41, 5.74) is 1.69. The predicted octanol–water partition coefficient (Wildman–Crippen LogP) is 2.67. The van der Waals surface area contributed by atoms with Crippen LogP contribution in [0.5, 0.6) is 0 Å². The first kappa shape index (κ1) is 14.3. The molecule has 112 valence electrons. The predicted molar refractivity (Wildman–Crippen MR) is 83.7 cm³/mol. The van der Waals surface area contributed by atoms with Gasteiger partial charge in [-0.25, -0.2) is 0 Å². The van der Waals surface area contributed by atoms with E-state index in [1.165, 1.54) is 6.26 Å². The molecule has 0 saturated carbocycles. The second kappa shape index (κ2) is 5.98. The molecule has 0 spiro atoms. The Morgan fingerprint density at radius 1 is 1.36 bits per heavy atom. The molecule has 0 unspecified atom stereocenters. The van der Waals surface area contributed by atoms with Gasteiger partial charge in [-0.3, -0.25) is 9.89 Å². The van der Waals surface area contributed by atoms with Gasteiger partial charge in [-0.1, -0.05) is 30.3 Å². The standard InChI is InChI=1S/C15H14N4O2S/c1-19-12(17-18-15(19)22)9-16-14(20)13-11(7-8-21-13)10-5-3-2-4-6-10/h2-8H,9H2,1H3,(H,16,20)(H,18,22). The van der Waals surface area contributed by atoms with Gasteiger partial charge < -0.3 is 14.3 Å². The number of hydrogen-bond donors (Lipinski definition) is 2. The average molecular weight is 314 g/mol. The number of aromatic nitrogens is 3. The smallest absolute Gasteiger partial charge is 0.288 e. The van der Waals surface area contributed by atoms with Gasteiger partial charge in [-0.2, -0.15) is 5.10 Å². The summed E-state index contributed by atoms with van der Waals surface area (Å²) in [6.45, 7) is 0.261. The van der Waals surface area contributed by atoms with Crippen LogP contribution in [0.3, 0.4) is 0 Å². The second-order valence-electron chi connectivity index (χ2n) is 4.72. The molecular weight excluding hydrogens is 300 g/mol. The molecule has 0 aliphatic carbocycles. The van der Waals surface area contributed by atoms with Crippen LogP contribution < -0.4 is 5.32 Å². The monoisotopic (exact) mass is 314 g/mol. The summed E-state index contributed by atoms with van der Waals surface area (Å²) in [6.07, 6.45) is 1.51. The van der Waals surface area contributed by atoms with Crippen molar-refractivity contribution in [2.24, 2.45) is 7.05 Å². The second-order valence-corrected chi connectivity index (χ2v) is 5.10. The molecule has 0 atom stereocenters. The van der Waals surface area contributed by atoms with Crippen molar-refractivity contribution in [2.45, 2.75) is 6.54 Å². The normalized spacial score (nSPS) is 10.6. The van der Waals surface area contributed by atoms with Gasteiger partial charge in [0.15, 0.2) is 16.4 Å². The highest BCUT2D eigenvalue weighted by molar-refractivity contribution is 7.71. The maximum Gasteiger partial charge on any atom is 0.288 e. The molecule has 0 aliphatic heterocycles. The summed E-state index contributed by atoms with van der Waals surface area (Å²) in [4.78, 5) is 12.3. The van der Waals surface area contributed by atoms with Gasteiger partial charge in [0.05, 0.1) is 12.8 Å². The van der Waals surface area contributed by atoms with E-state index in [9.17, 15) is 4.79 Å². The lowest BCUT2D eigenvalue weighted by atomic mass is 10.1. The largest absolute Gasteiger partial charge is 0.459 e. The van der Waals surface area contributed by atoms with Crippen LogP contribution in [0.1, 0.15) is 16.4 Å². The van der Waals surface area contributed by atoms with Crippen LogP contribution in [-0.2, 0) is 13.6 Å². The maximum atomic E-state index is 12.3. The van der Waals surface area contributed by atoms with Gasteiger partial charge in [0.25, 0.3) is 5.91 Å². The molecule has 0 fully saturated rings. The van der Waals surface area contributed by atoms with Gasteiger partial charge in [0.1, 0.15) is 0 Å². The number of benzene rings is 1. The number of amides is 1. The number of carbonyl (C=O) groups is 1. The van der Waals surface area contributed by atoms with Gasteiger partial charge in [0, 0.05) is 12.6 Å². The van der Waals surface area contributed by atoms with Crippen molar-refractivity contribution in [3.05, 3.63) is 59.0 Å². The van der Waals surface area contributed by atoms with E-state index in [-0.39, 0.29) is 18.2 Å². The minimum absolute atomic E-state index is 0.261. The van der Waals surface area contributed by atoms with Crippen LogP contribution in [-0.4, -0.2) is 20.7 Å². The van der Waals surface area contributed by atoms with Gasteiger partial charge in [-0.15, -0.1) is 0 Å². The molecular formula is C15H14N4O2S. The van der Waals surface area contributed by atoms with E-state index >= 15 is 0 Å². The van der Waals surface area contributed by atoms with Crippen LogP contribution in [0, 0.1) is 4.77 Å². The molecule has 7 heteroatoms. The first-order valence-corrected chi connectivity index (χ1v) is 7.09. The Morgan fingerprint density at radius 3 is 2.82 bits per heavy atom. The zero-order chi connectivity index (χ0) is 15.5. The Kier molecular flexibility index (Phi) is 3.88. The zero-order valence-electron chi connectivity index (χ0n) is 11.9. The lowest BCUT2D eigenvalue weighted by Crippen LogP contribution is -2.24. The van der Waals surface area contributed by atoms with Crippen molar-refractivity contribution in [1.29, 1.82) is 0 Å². The average Bonchev–Trinajstić information content (AvgIpc) is 3.15. The van der Waals surface area contributed by atoms with Crippen LogP contribution in [0.25, 0.3) is 11.1 Å². The molecule has 3 rings (SSSR count). The molecule has 3 aromatic rings. The van der Waals surface area contributed by atoms with Crippen LogP contribution in [0.2, 0.25) is 0 Å². The number of furan rings is 1. The Bertz CT molecular complexity index is 848. The van der Waals surface area contributed by atoms with Crippen molar-refractivity contribution >= 4 is 18.1 Å². The van der Waals surface area contributed by atoms with Gasteiger partial charge >= 0.3 is 0 Å². The summed E-state index contributed by atoms with van der Waals surface area (Å²) in [5.74, 6) is 0.631. The van der Waals surface area contributed by atoms with Gasteiger partial charge in [0.2, 0.25) is 0 Å². The molecule has 1 amide bonds. The van der Waals surface area contributed by atoms with E-state index in [4.69, 9.17) is 16.6 Å². The molecule has 2 heterocycles. The van der Waals surface area contributed by atoms with E-state index in [0.717, 1.165) is 11.1 Å². The van der Waals surface area contributed by atoms with Crippen LogP contribution in [0.15, 0.2) is 47.1 Å². The topological polar surface area (TPSA) is 75.8 Å².